The van der Waals surface area contributed by atoms with Crippen LogP contribution in [0.15, 0.2) is 23.1 Å². The van der Waals surface area contributed by atoms with Gasteiger partial charge in [-0.15, -0.1) is 11.8 Å². The fraction of sp³-hybridized carbons (Fsp3) is 0.462. The van der Waals surface area contributed by atoms with Crippen LogP contribution in [0.3, 0.4) is 0 Å². The highest BCUT2D eigenvalue weighted by atomic mass is 32.2. The predicted octanol–water partition coefficient (Wildman–Crippen LogP) is 3.83. The third kappa shape index (κ3) is 3.01. The van der Waals surface area contributed by atoms with Crippen molar-refractivity contribution in [3.8, 4) is 0 Å². The van der Waals surface area contributed by atoms with E-state index >= 15 is 0 Å². The Bertz CT molecular complexity index is 386. The number of rotatable bonds is 4. The number of hydrogen-bond donors (Lipinski definition) is 1. The van der Waals surface area contributed by atoms with Crippen molar-refractivity contribution in [1.82, 2.24) is 0 Å². The summed E-state index contributed by atoms with van der Waals surface area (Å²) >= 11 is 1.65. The van der Waals surface area contributed by atoms with E-state index in [4.69, 9.17) is 5.11 Å². The molecule has 0 aliphatic rings. The molecule has 0 spiro atoms. The molecule has 2 nitrogen and oxygen atoms in total. The first-order valence-corrected chi connectivity index (χ1v) is 6.31. The van der Waals surface area contributed by atoms with Crippen LogP contribution in [-0.4, -0.2) is 16.3 Å². The number of carbonyl (C=O) groups is 1. The molecule has 1 atom stereocenters. The molecule has 1 N–H and O–H groups in total. The summed E-state index contributed by atoms with van der Waals surface area (Å²) in [6, 6.07) is 5.43. The van der Waals surface area contributed by atoms with Crippen molar-refractivity contribution in [3.63, 3.8) is 0 Å². The SMILES string of the molecule is Cc1cccc(C(=O)O)c1SC(C)C(C)C. The molecule has 88 valence electrons. The summed E-state index contributed by atoms with van der Waals surface area (Å²) < 4.78 is 0. The van der Waals surface area contributed by atoms with Gasteiger partial charge in [0.25, 0.3) is 0 Å². The second-order valence-electron chi connectivity index (χ2n) is 4.32. The zero-order chi connectivity index (χ0) is 12.3. The Morgan fingerprint density at radius 2 is 1.94 bits per heavy atom. The van der Waals surface area contributed by atoms with Gasteiger partial charge in [0.2, 0.25) is 0 Å². The van der Waals surface area contributed by atoms with Crippen LogP contribution in [0.25, 0.3) is 0 Å². The number of benzene rings is 1. The molecule has 1 rings (SSSR count). The van der Waals surface area contributed by atoms with Crippen LogP contribution in [0.2, 0.25) is 0 Å². The normalized spacial score (nSPS) is 12.8. The van der Waals surface area contributed by atoms with Crippen molar-refractivity contribution in [3.05, 3.63) is 29.3 Å². The number of hydrogen-bond acceptors (Lipinski definition) is 2. The number of carboxylic acid groups (broad SMARTS) is 1. The van der Waals surface area contributed by atoms with Gasteiger partial charge >= 0.3 is 5.97 Å². The quantitative estimate of drug-likeness (QED) is 0.810. The lowest BCUT2D eigenvalue weighted by atomic mass is 10.1. The third-order valence-corrected chi connectivity index (χ3v) is 4.38. The lowest BCUT2D eigenvalue weighted by Crippen LogP contribution is -2.08. The van der Waals surface area contributed by atoms with E-state index in [1.807, 2.05) is 13.0 Å². The number of thioether (sulfide) groups is 1. The Labute approximate surface area is 101 Å². The maximum Gasteiger partial charge on any atom is 0.336 e. The highest BCUT2D eigenvalue weighted by Gasteiger charge is 2.16. The van der Waals surface area contributed by atoms with Crippen molar-refractivity contribution in [2.75, 3.05) is 0 Å². The van der Waals surface area contributed by atoms with Gasteiger partial charge in [-0.3, -0.25) is 0 Å². The average Bonchev–Trinajstić information content (AvgIpc) is 2.20. The zero-order valence-electron chi connectivity index (χ0n) is 10.2. The van der Waals surface area contributed by atoms with Crippen LogP contribution in [0.5, 0.6) is 0 Å². The molecule has 0 radical (unpaired) electrons. The van der Waals surface area contributed by atoms with E-state index < -0.39 is 5.97 Å². The second kappa shape index (κ2) is 5.39. The molecule has 1 aromatic carbocycles. The molecule has 0 bridgehead atoms. The standard InChI is InChI=1S/C13H18O2S/c1-8(2)10(4)16-12-9(3)6-5-7-11(12)13(14)15/h5-8,10H,1-4H3,(H,14,15). The van der Waals surface area contributed by atoms with E-state index in [2.05, 4.69) is 20.8 Å². The topological polar surface area (TPSA) is 37.3 Å². The van der Waals surface area contributed by atoms with Crippen molar-refractivity contribution in [1.29, 1.82) is 0 Å². The third-order valence-electron chi connectivity index (χ3n) is 2.68. The van der Waals surface area contributed by atoms with E-state index in [1.165, 1.54) is 0 Å². The molecule has 0 aliphatic carbocycles. The molecule has 3 heteroatoms. The van der Waals surface area contributed by atoms with Gasteiger partial charge in [-0.2, -0.15) is 0 Å². The van der Waals surface area contributed by atoms with Gasteiger partial charge in [0.05, 0.1) is 5.56 Å². The summed E-state index contributed by atoms with van der Waals surface area (Å²) in [5, 5.41) is 9.54. The largest absolute Gasteiger partial charge is 0.478 e. The zero-order valence-corrected chi connectivity index (χ0v) is 11.0. The van der Waals surface area contributed by atoms with Crippen LogP contribution in [0.1, 0.15) is 36.7 Å². The fourth-order valence-electron chi connectivity index (χ4n) is 1.30. The summed E-state index contributed by atoms with van der Waals surface area (Å²) in [6.07, 6.45) is 0. The maximum absolute atomic E-state index is 11.1. The highest BCUT2D eigenvalue weighted by molar-refractivity contribution is 8.00. The molecule has 16 heavy (non-hydrogen) atoms. The average molecular weight is 238 g/mol. The van der Waals surface area contributed by atoms with Crippen LogP contribution in [0.4, 0.5) is 0 Å². The molecule has 0 aromatic heterocycles. The molecule has 0 saturated heterocycles. The highest BCUT2D eigenvalue weighted by Crippen LogP contribution is 2.33. The molecule has 1 aromatic rings. The molecule has 0 amide bonds. The summed E-state index contributed by atoms with van der Waals surface area (Å²) in [7, 11) is 0. The van der Waals surface area contributed by atoms with Crippen LogP contribution in [-0.2, 0) is 0 Å². The number of carboxylic acids is 1. The number of aromatic carboxylic acids is 1. The van der Waals surface area contributed by atoms with Crippen molar-refractivity contribution in [2.24, 2.45) is 5.92 Å². The predicted molar refractivity (Wildman–Crippen MR) is 68.3 cm³/mol. The Hall–Kier alpha value is -0.960. The van der Waals surface area contributed by atoms with E-state index in [-0.39, 0.29) is 0 Å². The Balaban J connectivity index is 3.06. The fourth-order valence-corrected chi connectivity index (χ4v) is 2.48. The minimum absolute atomic E-state index is 0.414. The van der Waals surface area contributed by atoms with Crippen molar-refractivity contribution in [2.45, 2.75) is 37.8 Å². The Morgan fingerprint density at radius 1 is 1.31 bits per heavy atom. The molecule has 0 heterocycles. The first-order chi connectivity index (χ1) is 7.43. The van der Waals surface area contributed by atoms with E-state index in [1.54, 1.807) is 23.9 Å². The van der Waals surface area contributed by atoms with Gasteiger partial charge < -0.3 is 5.11 Å². The van der Waals surface area contributed by atoms with Gasteiger partial charge in [-0.1, -0.05) is 32.9 Å². The minimum atomic E-state index is -0.845. The van der Waals surface area contributed by atoms with Gasteiger partial charge in [0.15, 0.2) is 0 Å². The Kier molecular flexibility index (Phi) is 4.42. The van der Waals surface area contributed by atoms with Crippen LogP contribution >= 0.6 is 11.8 Å². The van der Waals surface area contributed by atoms with Crippen LogP contribution < -0.4 is 0 Å². The monoisotopic (exact) mass is 238 g/mol. The van der Waals surface area contributed by atoms with Gasteiger partial charge in [-0.25, -0.2) is 4.79 Å². The first-order valence-electron chi connectivity index (χ1n) is 5.43. The molecule has 1 unspecified atom stereocenters. The van der Waals surface area contributed by atoms with Gasteiger partial charge in [0.1, 0.15) is 0 Å². The molecular weight excluding hydrogens is 220 g/mol. The first kappa shape index (κ1) is 13.1. The Morgan fingerprint density at radius 3 is 2.44 bits per heavy atom. The minimum Gasteiger partial charge on any atom is -0.478 e. The molecule has 0 fully saturated rings. The summed E-state index contributed by atoms with van der Waals surface area (Å²) in [4.78, 5) is 12.0. The summed E-state index contributed by atoms with van der Waals surface area (Å²) in [5.74, 6) is -0.312. The smallest absolute Gasteiger partial charge is 0.336 e. The van der Waals surface area contributed by atoms with Crippen molar-refractivity contribution < 1.29 is 9.90 Å². The lowest BCUT2D eigenvalue weighted by Gasteiger charge is -2.17. The van der Waals surface area contributed by atoms with E-state index in [0.717, 1.165) is 10.5 Å². The second-order valence-corrected chi connectivity index (χ2v) is 5.71. The van der Waals surface area contributed by atoms with Crippen LogP contribution in [0, 0.1) is 12.8 Å². The molecule has 0 aliphatic heterocycles. The van der Waals surface area contributed by atoms with Gasteiger partial charge in [0, 0.05) is 10.1 Å². The van der Waals surface area contributed by atoms with Gasteiger partial charge in [-0.05, 0) is 24.5 Å². The molecular formula is C13H18O2S. The number of aryl methyl sites for hydroxylation is 1. The van der Waals surface area contributed by atoms with E-state index in [9.17, 15) is 4.79 Å². The molecule has 0 saturated carbocycles. The van der Waals surface area contributed by atoms with E-state index in [0.29, 0.717) is 16.7 Å². The maximum atomic E-state index is 11.1. The van der Waals surface area contributed by atoms with Crippen molar-refractivity contribution >= 4 is 17.7 Å². The summed E-state index contributed by atoms with van der Waals surface area (Å²) in [5.41, 5.74) is 1.45. The lowest BCUT2D eigenvalue weighted by molar-refractivity contribution is 0.0693. The summed E-state index contributed by atoms with van der Waals surface area (Å²) in [6.45, 7) is 8.39.